The van der Waals surface area contributed by atoms with Crippen LogP contribution >= 0.6 is 11.3 Å². The van der Waals surface area contributed by atoms with Crippen LogP contribution in [-0.2, 0) is 14.8 Å². The second-order valence-corrected chi connectivity index (χ2v) is 10.2. The van der Waals surface area contributed by atoms with Gasteiger partial charge in [0.1, 0.15) is 24.3 Å². The van der Waals surface area contributed by atoms with Crippen LogP contribution < -0.4 is 19.1 Å². The van der Waals surface area contributed by atoms with Gasteiger partial charge in [-0.25, -0.2) is 8.42 Å². The molecule has 0 saturated heterocycles. The van der Waals surface area contributed by atoms with E-state index >= 15 is 0 Å². The Kier molecular flexibility index (Phi) is 6.02. The van der Waals surface area contributed by atoms with Crippen molar-refractivity contribution in [2.45, 2.75) is 19.9 Å². The van der Waals surface area contributed by atoms with Gasteiger partial charge in [-0.15, -0.1) is 10.2 Å². The van der Waals surface area contributed by atoms with E-state index in [1.54, 1.807) is 18.2 Å². The Morgan fingerprint density at radius 2 is 1.78 bits per heavy atom. The molecular weight excluding hydrogens is 452 g/mol. The summed E-state index contributed by atoms with van der Waals surface area (Å²) in [6.07, 6.45) is 1.05. The van der Waals surface area contributed by atoms with Crippen LogP contribution in [-0.4, -0.2) is 50.0 Å². The van der Waals surface area contributed by atoms with Gasteiger partial charge in [-0.1, -0.05) is 41.2 Å². The van der Waals surface area contributed by atoms with Gasteiger partial charge >= 0.3 is 0 Å². The minimum absolute atomic E-state index is 0.285. The van der Waals surface area contributed by atoms with Crippen LogP contribution in [0.2, 0.25) is 0 Å². The average molecular weight is 475 g/mol. The number of rotatable bonds is 6. The van der Waals surface area contributed by atoms with Crippen molar-refractivity contribution >= 4 is 38.1 Å². The van der Waals surface area contributed by atoms with E-state index in [1.807, 2.05) is 31.2 Å². The lowest BCUT2D eigenvalue weighted by Crippen LogP contribution is -2.45. The second-order valence-electron chi connectivity index (χ2n) is 7.33. The zero-order valence-corrected chi connectivity index (χ0v) is 19.4. The fraction of sp³-hybridized carbons (Fsp3) is 0.286. The molecule has 1 aromatic heterocycles. The molecule has 2 aromatic carbocycles. The van der Waals surface area contributed by atoms with Gasteiger partial charge in [-0.3, -0.25) is 14.4 Å². The molecule has 1 N–H and O–H groups in total. The smallest absolute Gasteiger partial charge is 0.249 e. The Hall–Kier alpha value is -3.18. The number of carbonyl (C=O) groups is 1. The molecule has 3 aromatic rings. The minimum Gasteiger partial charge on any atom is -0.486 e. The highest BCUT2D eigenvalue weighted by molar-refractivity contribution is 7.92. The Morgan fingerprint density at radius 3 is 2.47 bits per heavy atom. The highest BCUT2D eigenvalue weighted by atomic mass is 32.2. The molecule has 0 fully saturated rings. The van der Waals surface area contributed by atoms with Crippen LogP contribution in [0, 0.1) is 6.92 Å². The summed E-state index contributed by atoms with van der Waals surface area (Å²) in [6, 6.07) is 11.5. The van der Waals surface area contributed by atoms with E-state index < -0.39 is 22.0 Å². The van der Waals surface area contributed by atoms with Crippen LogP contribution in [0.3, 0.4) is 0 Å². The number of aromatic nitrogens is 2. The van der Waals surface area contributed by atoms with Gasteiger partial charge < -0.3 is 9.47 Å². The van der Waals surface area contributed by atoms with Crippen molar-refractivity contribution in [3.8, 4) is 22.1 Å². The van der Waals surface area contributed by atoms with E-state index in [4.69, 9.17) is 9.47 Å². The van der Waals surface area contributed by atoms with Crippen LogP contribution in [0.25, 0.3) is 10.6 Å². The van der Waals surface area contributed by atoms with Crippen LogP contribution in [0.15, 0.2) is 42.5 Å². The number of hydrogen-bond donors (Lipinski definition) is 1. The quantitative estimate of drug-likeness (QED) is 0.584. The molecule has 1 atom stereocenters. The van der Waals surface area contributed by atoms with Crippen molar-refractivity contribution in [3.63, 3.8) is 0 Å². The molecule has 168 valence electrons. The first-order chi connectivity index (χ1) is 15.2. The summed E-state index contributed by atoms with van der Waals surface area (Å²) in [5.41, 5.74) is 2.31. The highest BCUT2D eigenvalue weighted by Crippen LogP contribution is 2.35. The van der Waals surface area contributed by atoms with E-state index in [2.05, 4.69) is 15.5 Å². The van der Waals surface area contributed by atoms with Crippen LogP contribution in [0.5, 0.6) is 11.5 Å². The van der Waals surface area contributed by atoms with Gasteiger partial charge in [0.15, 0.2) is 11.5 Å². The number of amides is 1. The summed E-state index contributed by atoms with van der Waals surface area (Å²) >= 11 is 1.21. The number of sulfonamides is 1. The standard InChI is InChI=1S/C21H22N4O5S2/c1-13-4-6-15(7-5-13)20-23-24-21(31-20)22-19(26)14(2)25(32(3,27)28)16-8-9-17-18(12-16)30-11-10-29-17/h4-9,12,14H,10-11H2,1-3H3,(H,22,24,26). The average Bonchev–Trinajstić information content (AvgIpc) is 3.21. The van der Waals surface area contributed by atoms with Crippen molar-refractivity contribution in [3.05, 3.63) is 48.0 Å². The molecule has 4 rings (SSSR count). The predicted molar refractivity (Wildman–Crippen MR) is 123 cm³/mol. The summed E-state index contributed by atoms with van der Waals surface area (Å²) in [7, 11) is -3.78. The maximum Gasteiger partial charge on any atom is 0.249 e. The lowest BCUT2D eigenvalue weighted by Gasteiger charge is -2.29. The maximum absolute atomic E-state index is 12.9. The molecule has 1 aliphatic heterocycles. The van der Waals surface area contributed by atoms with Crippen molar-refractivity contribution in [2.75, 3.05) is 29.1 Å². The third-order valence-corrected chi connectivity index (χ3v) is 6.95. The number of benzene rings is 2. The van der Waals surface area contributed by atoms with Crippen molar-refractivity contribution < 1.29 is 22.7 Å². The normalized spacial score (nSPS) is 14.0. The Bertz CT molecular complexity index is 1240. The molecule has 0 radical (unpaired) electrons. The zero-order chi connectivity index (χ0) is 22.9. The topological polar surface area (TPSA) is 111 Å². The van der Waals surface area contributed by atoms with E-state index in [0.29, 0.717) is 35.4 Å². The van der Waals surface area contributed by atoms with Crippen LogP contribution in [0.1, 0.15) is 12.5 Å². The molecule has 1 amide bonds. The predicted octanol–water partition coefficient (Wildman–Crippen LogP) is 3.08. The first-order valence-electron chi connectivity index (χ1n) is 9.83. The first kappa shape index (κ1) is 22.0. The molecule has 2 heterocycles. The van der Waals surface area contributed by atoms with Gasteiger partial charge in [-0.2, -0.15) is 0 Å². The number of ether oxygens (including phenoxy) is 2. The number of aryl methyl sites for hydroxylation is 1. The third kappa shape index (κ3) is 4.68. The van der Waals surface area contributed by atoms with E-state index in [-0.39, 0.29) is 5.13 Å². The van der Waals surface area contributed by atoms with Gasteiger partial charge in [-0.05, 0) is 26.0 Å². The number of anilines is 2. The third-order valence-electron chi connectivity index (χ3n) is 4.82. The SMILES string of the molecule is Cc1ccc(-c2nnc(NC(=O)C(C)N(c3ccc4c(c3)OCCO4)S(C)(=O)=O)s2)cc1. The molecule has 0 saturated carbocycles. The first-order valence-corrected chi connectivity index (χ1v) is 12.5. The molecule has 9 nitrogen and oxygen atoms in total. The summed E-state index contributed by atoms with van der Waals surface area (Å²) in [6.45, 7) is 4.29. The molecule has 0 spiro atoms. The molecule has 0 bridgehead atoms. The molecule has 0 aliphatic carbocycles. The zero-order valence-electron chi connectivity index (χ0n) is 17.7. The highest BCUT2D eigenvalue weighted by Gasteiger charge is 2.31. The number of nitrogens with one attached hydrogen (secondary N) is 1. The molecular formula is C21H22N4O5S2. The number of fused-ring (bicyclic) bond motifs is 1. The van der Waals surface area contributed by atoms with Crippen molar-refractivity contribution in [2.24, 2.45) is 0 Å². The van der Waals surface area contributed by atoms with E-state index in [1.165, 1.54) is 18.3 Å². The maximum atomic E-state index is 12.9. The molecule has 1 unspecified atom stereocenters. The second kappa shape index (κ2) is 8.75. The summed E-state index contributed by atoms with van der Waals surface area (Å²) in [5.74, 6) is 0.432. The van der Waals surface area contributed by atoms with E-state index in [9.17, 15) is 13.2 Å². The largest absolute Gasteiger partial charge is 0.486 e. The summed E-state index contributed by atoms with van der Waals surface area (Å²) in [4.78, 5) is 12.9. The van der Waals surface area contributed by atoms with Gasteiger partial charge in [0, 0.05) is 11.6 Å². The lowest BCUT2D eigenvalue weighted by molar-refractivity contribution is -0.116. The lowest BCUT2D eigenvalue weighted by atomic mass is 10.2. The van der Waals surface area contributed by atoms with Gasteiger partial charge in [0.25, 0.3) is 0 Å². The fourth-order valence-electron chi connectivity index (χ4n) is 3.27. The van der Waals surface area contributed by atoms with Crippen molar-refractivity contribution in [1.82, 2.24) is 10.2 Å². The van der Waals surface area contributed by atoms with Crippen molar-refractivity contribution in [1.29, 1.82) is 0 Å². The van der Waals surface area contributed by atoms with E-state index in [0.717, 1.165) is 21.7 Å². The minimum atomic E-state index is -3.78. The summed E-state index contributed by atoms with van der Waals surface area (Å²) in [5, 5.41) is 11.8. The van der Waals surface area contributed by atoms with Gasteiger partial charge in [0.2, 0.25) is 21.1 Å². The van der Waals surface area contributed by atoms with Crippen LogP contribution in [0.4, 0.5) is 10.8 Å². The van der Waals surface area contributed by atoms with Gasteiger partial charge in [0.05, 0.1) is 11.9 Å². The molecule has 1 aliphatic rings. The number of hydrogen-bond acceptors (Lipinski definition) is 8. The Balaban J connectivity index is 1.55. The molecule has 32 heavy (non-hydrogen) atoms. The monoisotopic (exact) mass is 474 g/mol. The number of nitrogens with zero attached hydrogens (tertiary/aromatic N) is 3. The number of carbonyl (C=O) groups excluding carboxylic acids is 1. The summed E-state index contributed by atoms with van der Waals surface area (Å²) < 4.78 is 37.2. The Morgan fingerprint density at radius 1 is 1.09 bits per heavy atom. The molecule has 11 heteroatoms. The fourth-order valence-corrected chi connectivity index (χ4v) is 5.19. The Labute approximate surface area is 190 Å².